The first-order valence-electron chi connectivity index (χ1n) is 12.7. The highest BCUT2D eigenvalue weighted by atomic mass is 35.5. The number of halogens is 1. The van der Waals surface area contributed by atoms with E-state index < -0.39 is 35.6 Å². The summed E-state index contributed by atoms with van der Waals surface area (Å²) in [5.41, 5.74) is 1.92. The van der Waals surface area contributed by atoms with Crippen LogP contribution in [0.15, 0.2) is 42.5 Å². The van der Waals surface area contributed by atoms with Crippen molar-refractivity contribution in [2.75, 3.05) is 0 Å². The fourth-order valence-corrected chi connectivity index (χ4v) is 4.81. The standard InChI is InChI=1S/C28H31ClN4O6/c1-28(2,3)39-27(38)31-21(13-17-6-4-5-7-20(17)29)24(35)30-14-16-8-9-19-18(12-16)15-33(26(19)37)22-10-11-23(34)32-25(22)36/h4-9,12,21-22H,10-11,13-15H2,1-3H3,(H,30,35)(H,31,38)(H,32,34,36)/t21-,22?/m1/s1. The van der Waals surface area contributed by atoms with E-state index in [0.29, 0.717) is 16.1 Å². The number of rotatable bonds is 7. The van der Waals surface area contributed by atoms with E-state index in [0.717, 1.165) is 11.1 Å². The fourth-order valence-electron chi connectivity index (χ4n) is 4.59. The normalized spacial score (nSPS) is 17.8. The van der Waals surface area contributed by atoms with Gasteiger partial charge in [-0.05, 0) is 56.0 Å². The van der Waals surface area contributed by atoms with Crippen molar-refractivity contribution in [3.05, 3.63) is 69.7 Å². The average Bonchev–Trinajstić information content (AvgIpc) is 3.17. The van der Waals surface area contributed by atoms with Crippen molar-refractivity contribution < 1.29 is 28.7 Å². The van der Waals surface area contributed by atoms with Crippen LogP contribution in [0.2, 0.25) is 5.02 Å². The van der Waals surface area contributed by atoms with Crippen molar-refractivity contribution in [1.82, 2.24) is 20.9 Å². The van der Waals surface area contributed by atoms with Gasteiger partial charge in [-0.2, -0.15) is 0 Å². The maximum Gasteiger partial charge on any atom is 0.408 e. The third-order valence-corrected chi connectivity index (χ3v) is 6.81. The number of hydrogen-bond donors (Lipinski definition) is 3. The Labute approximate surface area is 231 Å². The number of piperidine rings is 1. The van der Waals surface area contributed by atoms with Gasteiger partial charge in [-0.1, -0.05) is 41.9 Å². The molecule has 0 aromatic heterocycles. The number of fused-ring (bicyclic) bond motifs is 1. The highest BCUT2D eigenvalue weighted by molar-refractivity contribution is 6.31. The third kappa shape index (κ3) is 6.94. The molecule has 2 atom stereocenters. The van der Waals surface area contributed by atoms with Gasteiger partial charge < -0.3 is 20.3 Å². The van der Waals surface area contributed by atoms with Crippen molar-refractivity contribution in [2.45, 2.75) is 70.8 Å². The van der Waals surface area contributed by atoms with Crippen LogP contribution in [0.4, 0.5) is 4.79 Å². The van der Waals surface area contributed by atoms with Gasteiger partial charge in [0.2, 0.25) is 17.7 Å². The molecule has 10 nitrogen and oxygen atoms in total. The van der Waals surface area contributed by atoms with Gasteiger partial charge in [0, 0.05) is 36.5 Å². The van der Waals surface area contributed by atoms with Crippen molar-refractivity contribution in [1.29, 1.82) is 0 Å². The van der Waals surface area contributed by atoms with Crippen LogP contribution in [0.3, 0.4) is 0 Å². The Morgan fingerprint density at radius 1 is 1.15 bits per heavy atom. The first kappa shape index (κ1) is 28.1. The van der Waals surface area contributed by atoms with E-state index in [-0.39, 0.29) is 44.2 Å². The van der Waals surface area contributed by atoms with Crippen LogP contribution in [0.5, 0.6) is 0 Å². The minimum Gasteiger partial charge on any atom is -0.444 e. The topological polar surface area (TPSA) is 134 Å². The summed E-state index contributed by atoms with van der Waals surface area (Å²) in [6.45, 7) is 5.58. The van der Waals surface area contributed by atoms with Gasteiger partial charge in [0.15, 0.2) is 0 Å². The van der Waals surface area contributed by atoms with E-state index in [1.165, 1.54) is 4.90 Å². The number of carbonyl (C=O) groups is 5. The van der Waals surface area contributed by atoms with Gasteiger partial charge >= 0.3 is 6.09 Å². The number of amides is 5. The molecular weight excluding hydrogens is 524 g/mol. The fraction of sp³-hybridized carbons (Fsp3) is 0.393. The maximum absolute atomic E-state index is 13.2. The maximum atomic E-state index is 13.2. The summed E-state index contributed by atoms with van der Waals surface area (Å²) in [4.78, 5) is 63.8. The van der Waals surface area contributed by atoms with Crippen molar-refractivity contribution >= 4 is 41.3 Å². The van der Waals surface area contributed by atoms with E-state index in [1.54, 1.807) is 57.2 Å². The van der Waals surface area contributed by atoms with Crippen LogP contribution < -0.4 is 16.0 Å². The zero-order chi connectivity index (χ0) is 28.3. The molecule has 0 aliphatic carbocycles. The monoisotopic (exact) mass is 554 g/mol. The Hall–Kier alpha value is -3.92. The van der Waals surface area contributed by atoms with Gasteiger partial charge in [-0.3, -0.25) is 24.5 Å². The Morgan fingerprint density at radius 3 is 2.59 bits per heavy atom. The number of benzene rings is 2. The molecule has 2 aromatic carbocycles. The summed E-state index contributed by atoms with van der Waals surface area (Å²) in [5, 5.41) is 8.25. The van der Waals surface area contributed by atoms with Crippen molar-refractivity contribution in [3.63, 3.8) is 0 Å². The molecule has 0 spiro atoms. The van der Waals surface area contributed by atoms with Crippen LogP contribution in [0.25, 0.3) is 0 Å². The number of ether oxygens (including phenoxy) is 1. The van der Waals surface area contributed by atoms with E-state index in [1.807, 2.05) is 6.07 Å². The first-order chi connectivity index (χ1) is 18.4. The molecule has 2 aliphatic heterocycles. The molecule has 1 fully saturated rings. The van der Waals surface area contributed by atoms with Gasteiger partial charge in [-0.15, -0.1) is 0 Å². The molecule has 206 valence electrons. The summed E-state index contributed by atoms with van der Waals surface area (Å²) in [7, 11) is 0. The number of nitrogens with one attached hydrogen (secondary N) is 3. The minimum absolute atomic E-state index is 0.147. The molecule has 0 radical (unpaired) electrons. The highest BCUT2D eigenvalue weighted by Gasteiger charge is 2.39. The van der Waals surface area contributed by atoms with E-state index in [2.05, 4.69) is 16.0 Å². The number of nitrogens with zero attached hydrogens (tertiary/aromatic N) is 1. The molecule has 2 aliphatic rings. The molecule has 0 saturated carbocycles. The summed E-state index contributed by atoms with van der Waals surface area (Å²) >= 11 is 6.29. The van der Waals surface area contributed by atoms with Crippen LogP contribution >= 0.6 is 11.6 Å². The zero-order valence-electron chi connectivity index (χ0n) is 22.0. The number of hydrogen-bond acceptors (Lipinski definition) is 6. The second-order valence-corrected chi connectivity index (χ2v) is 11.0. The molecule has 39 heavy (non-hydrogen) atoms. The lowest BCUT2D eigenvalue weighted by Gasteiger charge is -2.29. The molecule has 2 aromatic rings. The third-order valence-electron chi connectivity index (χ3n) is 6.44. The Bertz CT molecular complexity index is 1320. The lowest BCUT2D eigenvalue weighted by Crippen LogP contribution is -2.52. The van der Waals surface area contributed by atoms with Gasteiger partial charge in [0.25, 0.3) is 5.91 Å². The number of alkyl carbamates (subject to hydrolysis) is 1. The summed E-state index contributed by atoms with van der Waals surface area (Å²) < 4.78 is 5.34. The van der Waals surface area contributed by atoms with Gasteiger partial charge in [0.05, 0.1) is 0 Å². The lowest BCUT2D eigenvalue weighted by molar-refractivity contribution is -0.137. The van der Waals surface area contributed by atoms with Crippen LogP contribution in [0.1, 0.15) is 60.7 Å². The molecule has 0 bridgehead atoms. The largest absolute Gasteiger partial charge is 0.444 e. The van der Waals surface area contributed by atoms with Crippen LogP contribution in [-0.4, -0.2) is 52.3 Å². The Kier molecular flexibility index (Phi) is 8.25. The van der Waals surface area contributed by atoms with E-state index >= 15 is 0 Å². The summed E-state index contributed by atoms with van der Waals surface area (Å²) in [6, 6.07) is 10.6. The van der Waals surface area contributed by atoms with Crippen molar-refractivity contribution in [3.8, 4) is 0 Å². The molecular formula is C28H31ClN4O6. The van der Waals surface area contributed by atoms with E-state index in [4.69, 9.17) is 16.3 Å². The van der Waals surface area contributed by atoms with Gasteiger partial charge in [0.1, 0.15) is 17.7 Å². The lowest BCUT2D eigenvalue weighted by atomic mass is 10.0. The highest BCUT2D eigenvalue weighted by Crippen LogP contribution is 2.28. The summed E-state index contributed by atoms with van der Waals surface area (Å²) in [5.74, 6) is -1.51. The van der Waals surface area contributed by atoms with Crippen LogP contribution in [0, 0.1) is 0 Å². The first-order valence-corrected chi connectivity index (χ1v) is 13.1. The average molecular weight is 555 g/mol. The predicted octanol–water partition coefficient (Wildman–Crippen LogP) is 2.85. The second-order valence-electron chi connectivity index (χ2n) is 10.6. The molecule has 3 N–H and O–H groups in total. The van der Waals surface area contributed by atoms with Crippen LogP contribution in [-0.2, 0) is 38.6 Å². The number of imide groups is 1. The Balaban J connectivity index is 1.43. The molecule has 1 saturated heterocycles. The quantitative estimate of drug-likeness (QED) is 0.451. The SMILES string of the molecule is CC(C)(C)OC(=O)N[C@H](Cc1ccccc1Cl)C(=O)NCc1ccc2c(c1)CN(C1CCC(=O)NC1=O)C2=O. The van der Waals surface area contributed by atoms with Crippen molar-refractivity contribution in [2.24, 2.45) is 0 Å². The van der Waals surface area contributed by atoms with Gasteiger partial charge in [-0.25, -0.2) is 4.79 Å². The smallest absolute Gasteiger partial charge is 0.408 e. The molecule has 4 rings (SSSR count). The second kappa shape index (κ2) is 11.4. The molecule has 2 heterocycles. The zero-order valence-corrected chi connectivity index (χ0v) is 22.8. The minimum atomic E-state index is -0.946. The molecule has 1 unspecified atom stereocenters. The van der Waals surface area contributed by atoms with E-state index in [9.17, 15) is 24.0 Å². The molecule has 11 heteroatoms. The Morgan fingerprint density at radius 2 is 1.90 bits per heavy atom. The predicted molar refractivity (Wildman–Crippen MR) is 143 cm³/mol. The summed E-state index contributed by atoms with van der Waals surface area (Å²) in [6.07, 6.45) is -0.102. The number of carbonyl (C=O) groups excluding carboxylic acids is 5. The molecule has 5 amide bonds.